The number of hydrogen-bond donors (Lipinski definition) is 2. The molecule has 1 fully saturated rings. The van der Waals surface area contributed by atoms with Crippen molar-refractivity contribution in [2.24, 2.45) is 4.99 Å². The highest BCUT2D eigenvalue weighted by molar-refractivity contribution is 8.15. The fourth-order valence-electron chi connectivity index (χ4n) is 2.17. The fraction of sp³-hybridized carbons (Fsp3) is 0.400. The van der Waals surface area contributed by atoms with Gasteiger partial charge >= 0.3 is 0 Å². The minimum Gasteiger partial charge on any atom is -0.505 e. The van der Waals surface area contributed by atoms with Crippen molar-refractivity contribution >= 4 is 57.6 Å². The third-order valence-corrected chi connectivity index (χ3v) is 5.09. The zero-order valence-electron chi connectivity index (χ0n) is 13.2. The van der Waals surface area contributed by atoms with Gasteiger partial charge in [0.2, 0.25) is 11.8 Å². The largest absolute Gasteiger partial charge is 0.505 e. The number of amidine groups is 1. The van der Waals surface area contributed by atoms with Crippen LogP contribution in [0.3, 0.4) is 0 Å². The summed E-state index contributed by atoms with van der Waals surface area (Å²) in [4.78, 5) is 30.3. The molecular formula is C15H17Cl2N3O3S. The van der Waals surface area contributed by atoms with Gasteiger partial charge in [-0.3, -0.25) is 14.5 Å². The topological polar surface area (TPSA) is 82.0 Å². The Kier molecular flexibility index (Phi) is 6.37. The van der Waals surface area contributed by atoms with Crippen molar-refractivity contribution in [1.82, 2.24) is 10.2 Å². The average molecular weight is 390 g/mol. The molecular weight excluding hydrogens is 373 g/mol. The number of thioether (sulfide) groups is 1. The molecule has 9 heteroatoms. The molecule has 0 aromatic heterocycles. The highest BCUT2D eigenvalue weighted by Crippen LogP contribution is 2.37. The summed E-state index contributed by atoms with van der Waals surface area (Å²) in [5.41, 5.74) is 0.396. The number of aromatic hydroxyl groups is 1. The molecule has 1 unspecified atom stereocenters. The Bertz CT molecular complexity index is 674. The number of halogens is 2. The first-order valence-electron chi connectivity index (χ1n) is 7.38. The minimum atomic E-state index is -0.526. The van der Waals surface area contributed by atoms with Crippen LogP contribution in [-0.4, -0.2) is 45.3 Å². The van der Waals surface area contributed by atoms with E-state index in [4.69, 9.17) is 23.2 Å². The molecule has 1 aliphatic heterocycles. The zero-order valence-corrected chi connectivity index (χ0v) is 15.5. The van der Waals surface area contributed by atoms with E-state index in [0.29, 0.717) is 23.9 Å². The molecule has 1 heterocycles. The maximum absolute atomic E-state index is 12.3. The molecule has 0 spiro atoms. The molecule has 0 aliphatic carbocycles. The number of hydrogen-bond acceptors (Lipinski definition) is 5. The van der Waals surface area contributed by atoms with Crippen molar-refractivity contribution in [1.29, 1.82) is 0 Å². The number of carbonyl (C=O) groups is 2. The van der Waals surface area contributed by atoms with Gasteiger partial charge in [-0.05, 0) is 26.0 Å². The molecule has 1 atom stereocenters. The highest BCUT2D eigenvalue weighted by Gasteiger charge is 2.34. The molecule has 1 aromatic rings. The predicted octanol–water partition coefficient (Wildman–Crippen LogP) is 3.18. The minimum absolute atomic E-state index is 0.0670. The van der Waals surface area contributed by atoms with E-state index in [0.717, 1.165) is 0 Å². The summed E-state index contributed by atoms with van der Waals surface area (Å²) in [7, 11) is 0. The summed E-state index contributed by atoms with van der Waals surface area (Å²) in [6.45, 7) is 4.59. The van der Waals surface area contributed by atoms with Crippen LogP contribution < -0.4 is 5.32 Å². The Morgan fingerprint density at radius 2 is 2.04 bits per heavy atom. The molecule has 1 aromatic carbocycles. The van der Waals surface area contributed by atoms with Gasteiger partial charge in [-0.2, -0.15) is 0 Å². The molecule has 1 aliphatic rings. The van der Waals surface area contributed by atoms with Gasteiger partial charge in [0.15, 0.2) is 10.9 Å². The quantitative estimate of drug-likeness (QED) is 0.828. The third kappa shape index (κ3) is 4.15. The molecule has 6 nitrogen and oxygen atoms in total. The molecule has 0 saturated carbocycles. The summed E-state index contributed by atoms with van der Waals surface area (Å²) < 4.78 is 0. The number of benzene rings is 1. The van der Waals surface area contributed by atoms with E-state index >= 15 is 0 Å². The molecule has 0 bridgehead atoms. The van der Waals surface area contributed by atoms with E-state index in [1.54, 1.807) is 0 Å². The number of amides is 2. The van der Waals surface area contributed by atoms with Gasteiger partial charge in [0.1, 0.15) is 0 Å². The zero-order chi connectivity index (χ0) is 17.9. The lowest BCUT2D eigenvalue weighted by Gasteiger charge is -2.30. The summed E-state index contributed by atoms with van der Waals surface area (Å²) in [5.74, 6) is -0.578. The molecule has 2 amide bonds. The lowest BCUT2D eigenvalue weighted by atomic mass is 10.2. The van der Waals surface area contributed by atoms with Crippen LogP contribution in [0.5, 0.6) is 5.75 Å². The van der Waals surface area contributed by atoms with Crippen molar-refractivity contribution < 1.29 is 14.7 Å². The number of nitrogens with zero attached hydrogens (tertiary/aromatic N) is 2. The summed E-state index contributed by atoms with van der Waals surface area (Å²) in [6.07, 6.45) is 0.125. The Morgan fingerprint density at radius 1 is 1.42 bits per heavy atom. The van der Waals surface area contributed by atoms with Crippen molar-refractivity contribution in [3.05, 3.63) is 22.2 Å². The first kappa shape index (κ1) is 18.9. The Morgan fingerprint density at radius 3 is 2.58 bits per heavy atom. The van der Waals surface area contributed by atoms with Gasteiger partial charge < -0.3 is 10.4 Å². The van der Waals surface area contributed by atoms with E-state index in [1.165, 1.54) is 28.8 Å². The Balaban J connectivity index is 2.36. The normalized spacial score (nSPS) is 19.7. The lowest BCUT2D eigenvalue weighted by Crippen LogP contribution is -2.46. The van der Waals surface area contributed by atoms with Crippen LogP contribution in [0.4, 0.5) is 5.69 Å². The number of rotatable bonds is 4. The lowest BCUT2D eigenvalue weighted by molar-refractivity contribution is -0.130. The second kappa shape index (κ2) is 8.09. The smallest absolute Gasteiger partial charge is 0.234 e. The fourth-order valence-corrected chi connectivity index (χ4v) is 3.83. The van der Waals surface area contributed by atoms with Gasteiger partial charge in [-0.25, -0.2) is 4.99 Å². The second-order valence-electron chi connectivity index (χ2n) is 5.00. The summed E-state index contributed by atoms with van der Waals surface area (Å²) >= 11 is 13.0. The number of carbonyl (C=O) groups excluding carboxylic acids is 2. The monoisotopic (exact) mass is 389 g/mol. The van der Waals surface area contributed by atoms with Crippen LogP contribution >= 0.6 is 35.0 Å². The first-order valence-corrected chi connectivity index (χ1v) is 9.02. The molecule has 24 heavy (non-hydrogen) atoms. The number of phenolic OH excluding ortho intramolecular Hbond substituents is 1. The molecule has 130 valence electrons. The van der Waals surface area contributed by atoms with Gasteiger partial charge in [-0.15, -0.1) is 0 Å². The van der Waals surface area contributed by atoms with Gasteiger partial charge in [0, 0.05) is 19.5 Å². The molecule has 2 N–H and O–H groups in total. The van der Waals surface area contributed by atoms with E-state index in [9.17, 15) is 14.7 Å². The summed E-state index contributed by atoms with van der Waals surface area (Å²) in [5, 5.41) is 12.3. The van der Waals surface area contributed by atoms with Gasteiger partial charge in [0.05, 0.1) is 21.0 Å². The van der Waals surface area contributed by atoms with Crippen molar-refractivity contribution in [2.75, 3.05) is 13.1 Å². The van der Waals surface area contributed by atoms with Crippen molar-refractivity contribution in [2.45, 2.75) is 25.5 Å². The first-order chi connectivity index (χ1) is 11.4. The van der Waals surface area contributed by atoms with Gasteiger partial charge in [-0.1, -0.05) is 35.0 Å². The molecule has 1 saturated heterocycles. The van der Waals surface area contributed by atoms with E-state index in [1.807, 2.05) is 13.8 Å². The van der Waals surface area contributed by atoms with Crippen molar-refractivity contribution in [3.8, 4) is 5.75 Å². The Hall–Kier alpha value is -1.44. The maximum Gasteiger partial charge on any atom is 0.234 e. The predicted molar refractivity (Wildman–Crippen MR) is 97.3 cm³/mol. The maximum atomic E-state index is 12.3. The van der Waals surface area contributed by atoms with Gasteiger partial charge in [0.25, 0.3) is 0 Å². The van der Waals surface area contributed by atoms with Crippen LogP contribution in [0.15, 0.2) is 17.1 Å². The van der Waals surface area contributed by atoms with Crippen LogP contribution in [0.2, 0.25) is 10.0 Å². The Labute approximate surface area is 154 Å². The van der Waals surface area contributed by atoms with E-state index in [2.05, 4.69) is 10.3 Å². The number of phenols is 1. The van der Waals surface area contributed by atoms with Crippen LogP contribution in [0.1, 0.15) is 20.3 Å². The van der Waals surface area contributed by atoms with Crippen LogP contribution in [0, 0.1) is 0 Å². The highest BCUT2D eigenvalue weighted by atomic mass is 35.5. The van der Waals surface area contributed by atoms with Crippen molar-refractivity contribution in [3.63, 3.8) is 0 Å². The third-order valence-electron chi connectivity index (χ3n) is 3.33. The van der Waals surface area contributed by atoms with E-state index in [-0.39, 0.29) is 34.0 Å². The SMILES string of the molecule is CCNC(=O)C1CC(=O)N(CC)C(=Nc2cc(Cl)c(O)c(Cl)c2)S1. The van der Waals surface area contributed by atoms with E-state index < -0.39 is 5.25 Å². The average Bonchev–Trinajstić information content (AvgIpc) is 2.52. The standard InChI is InChI=1S/C15H17Cl2N3O3S/c1-3-18-14(23)11-7-12(21)20(4-2)15(24-11)19-8-5-9(16)13(22)10(17)6-8/h5-6,11,22H,3-4,7H2,1-2H3,(H,18,23). The second-order valence-corrected chi connectivity index (χ2v) is 6.98. The number of nitrogens with one attached hydrogen (secondary N) is 1. The van der Waals surface area contributed by atoms with Crippen LogP contribution in [-0.2, 0) is 9.59 Å². The molecule has 0 radical (unpaired) electrons. The summed E-state index contributed by atoms with van der Waals surface area (Å²) in [6, 6.07) is 2.90. The van der Waals surface area contributed by atoms with Crippen LogP contribution in [0.25, 0.3) is 0 Å². The number of aliphatic imine (C=N–C) groups is 1. The molecule has 2 rings (SSSR count).